The van der Waals surface area contributed by atoms with Gasteiger partial charge in [0.1, 0.15) is 22.1 Å². The molecule has 3 rings (SSSR count). The molecule has 0 aliphatic heterocycles. The van der Waals surface area contributed by atoms with Gasteiger partial charge < -0.3 is 19.5 Å². The molecule has 0 unspecified atom stereocenters. The topological polar surface area (TPSA) is 73.9 Å². The first-order chi connectivity index (χ1) is 14.4. The van der Waals surface area contributed by atoms with E-state index in [0.717, 1.165) is 20.5 Å². The van der Waals surface area contributed by atoms with Crippen molar-refractivity contribution in [3.63, 3.8) is 0 Å². The quantitative estimate of drug-likeness (QED) is 0.455. The molecule has 0 bridgehead atoms. The number of hydrogen-bond donors (Lipinski definition) is 1. The zero-order chi connectivity index (χ0) is 21.7. The Balaban J connectivity index is 1.82. The second-order valence-corrected chi connectivity index (χ2v) is 8.39. The van der Waals surface area contributed by atoms with E-state index in [4.69, 9.17) is 14.2 Å². The van der Waals surface area contributed by atoms with Crippen LogP contribution in [0, 0.1) is 6.92 Å². The minimum absolute atomic E-state index is 0.210. The van der Waals surface area contributed by atoms with Crippen molar-refractivity contribution in [1.82, 2.24) is 0 Å². The highest BCUT2D eigenvalue weighted by atomic mass is 79.9. The number of anilines is 1. The molecule has 0 spiro atoms. The maximum atomic E-state index is 12.5. The Hall–Kier alpha value is -2.84. The smallest absolute Gasteiger partial charge is 0.341 e. The van der Waals surface area contributed by atoms with Crippen LogP contribution in [-0.2, 0) is 9.53 Å². The molecule has 0 radical (unpaired) electrons. The van der Waals surface area contributed by atoms with E-state index in [0.29, 0.717) is 22.1 Å². The van der Waals surface area contributed by atoms with E-state index in [9.17, 15) is 9.59 Å². The zero-order valence-corrected chi connectivity index (χ0v) is 19.1. The standard InChI is InChI=1S/C22H20BrNO5S/c1-13-19(14-7-9-15(23)10-8-14)20(22(26)28-3)21(30-13)24-18(25)12-29-17-6-4-5-16(11-17)27-2/h4-11H,12H2,1-3H3,(H,24,25). The van der Waals surface area contributed by atoms with Crippen molar-refractivity contribution in [2.45, 2.75) is 6.92 Å². The van der Waals surface area contributed by atoms with Gasteiger partial charge in [0.05, 0.1) is 14.2 Å². The van der Waals surface area contributed by atoms with Crippen LogP contribution in [-0.4, -0.2) is 32.7 Å². The van der Waals surface area contributed by atoms with Gasteiger partial charge in [0.15, 0.2) is 6.61 Å². The molecule has 0 atom stereocenters. The van der Waals surface area contributed by atoms with E-state index in [1.165, 1.54) is 18.4 Å². The fourth-order valence-corrected chi connectivity index (χ4v) is 4.24. The van der Waals surface area contributed by atoms with Gasteiger partial charge in [-0.25, -0.2) is 4.79 Å². The molecule has 0 fully saturated rings. The minimum Gasteiger partial charge on any atom is -0.497 e. The van der Waals surface area contributed by atoms with Crippen molar-refractivity contribution in [3.8, 4) is 22.6 Å². The Kier molecular flexibility index (Phi) is 7.12. The van der Waals surface area contributed by atoms with Crippen LogP contribution in [0.3, 0.4) is 0 Å². The number of thiophene rings is 1. The third kappa shape index (κ3) is 5.01. The van der Waals surface area contributed by atoms with Crippen LogP contribution < -0.4 is 14.8 Å². The Labute approximate surface area is 186 Å². The summed E-state index contributed by atoms with van der Waals surface area (Å²) in [5, 5.41) is 3.21. The normalized spacial score (nSPS) is 10.4. The lowest BCUT2D eigenvalue weighted by molar-refractivity contribution is -0.118. The van der Waals surface area contributed by atoms with Gasteiger partial charge in [0.25, 0.3) is 5.91 Å². The van der Waals surface area contributed by atoms with Gasteiger partial charge in [-0.1, -0.05) is 34.1 Å². The van der Waals surface area contributed by atoms with E-state index in [1.54, 1.807) is 31.4 Å². The lowest BCUT2D eigenvalue weighted by Gasteiger charge is -2.10. The van der Waals surface area contributed by atoms with Gasteiger partial charge in [-0.3, -0.25) is 4.79 Å². The number of halogens is 1. The zero-order valence-electron chi connectivity index (χ0n) is 16.7. The summed E-state index contributed by atoms with van der Waals surface area (Å²) in [4.78, 5) is 25.9. The molecule has 1 heterocycles. The molecule has 1 amide bonds. The third-order valence-electron chi connectivity index (χ3n) is 4.27. The highest BCUT2D eigenvalue weighted by Gasteiger charge is 2.25. The SMILES string of the molecule is COC(=O)c1c(NC(=O)COc2cccc(OC)c2)sc(C)c1-c1ccc(Br)cc1. The Bertz CT molecular complexity index is 1060. The molecule has 0 saturated heterocycles. The van der Waals surface area contributed by atoms with Gasteiger partial charge in [-0.2, -0.15) is 0 Å². The fraction of sp³-hybridized carbons (Fsp3) is 0.182. The summed E-state index contributed by atoms with van der Waals surface area (Å²) in [6.07, 6.45) is 0. The van der Waals surface area contributed by atoms with Crippen LogP contribution in [0.15, 0.2) is 53.0 Å². The Morgan fingerprint density at radius 3 is 2.43 bits per heavy atom. The van der Waals surface area contributed by atoms with Crippen molar-refractivity contribution in [2.24, 2.45) is 0 Å². The first kappa shape index (κ1) is 21.9. The van der Waals surface area contributed by atoms with Gasteiger partial charge in [0, 0.05) is 21.0 Å². The van der Waals surface area contributed by atoms with E-state index >= 15 is 0 Å². The largest absolute Gasteiger partial charge is 0.497 e. The molecule has 0 aliphatic carbocycles. The maximum absolute atomic E-state index is 12.5. The van der Waals surface area contributed by atoms with Gasteiger partial charge in [0.2, 0.25) is 0 Å². The van der Waals surface area contributed by atoms with Crippen molar-refractivity contribution in [1.29, 1.82) is 0 Å². The van der Waals surface area contributed by atoms with Gasteiger partial charge in [-0.15, -0.1) is 11.3 Å². The van der Waals surface area contributed by atoms with Gasteiger partial charge >= 0.3 is 5.97 Å². The molecule has 0 aliphatic rings. The predicted octanol–water partition coefficient (Wildman–Crippen LogP) is 5.30. The van der Waals surface area contributed by atoms with Gasteiger partial charge in [-0.05, 0) is 36.8 Å². The summed E-state index contributed by atoms with van der Waals surface area (Å²) < 4.78 is 16.6. The van der Waals surface area contributed by atoms with Crippen molar-refractivity contribution in [3.05, 3.63) is 63.4 Å². The van der Waals surface area contributed by atoms with E-state index < -0.39 is 5.97 Å². The lowest BCUT2D eigenvalue weighted by Crippen LogP contribution is -2.21. The Morgan fingerprint density at radius 1 is 1.07 bits per heavy atom. The number of amides is 1. The van der Waals surface area contributed by atoms with Crippen LogP contribution >= 0.6 is 27.3 Å². The molecule has 0 saturated carbocycles. The number of carbonyl (C=O) groups excluding carboxylic acids is 2. The summed E-state index contributed by atoms with van der Waals surface area (Å²) in [7, 11) is 2.88. The number of rotatable bonds is 7. The molecule has 3 aromatic rings. The summed E-state index contributed by atoms with van der Waals surface area (Å²) in [6, 6.07) is 14.6. The number of methoxy groups -OCH3 is 2. The van der Waals surface area contributed by atoms with Crippen molar-refractivity contribution >= 4 is 44.1 Å². The molecule has 156 valence electrons. The summed E-state index contributed by atoms with van der Waals surface area (Å²) >= 11 is 4.73. The maximum Gasteiger partial charge on any atom is 0.341 e. The molecule has 30 heavy (non-hydrogen) atoms. The highest BCUT2D eigenvalue weighted by molar-refractivity contribution is 9.10. The van der Waals surface area contributed by atoms with Crippen molar-refractivity contribution in [2.75, 3.05) is 26.1 Å². The molecule has 2 aromatic carbocycles. The van der Waals surface area contributed by atoms with E-state index in [2.05, 4.69) is 21.2 Å². The number of benzene rings is 2. The predicted molar refractivity (Wildman–Crippen MR) is 121 cm³/mol. The minimum atomic E-state index is -0.513. The number of esters is 1. The molecular weight excluding hydrogens is 470 g/mol. The number of ether oxygens (including phenoxy) is 3. The van der Waals surface area contributed by atoms with Crippen LogP contribution in [0.4, 0.5) is 5.00 Å². The van der Waals surface area contributed by atoms with Crippen molar-refractivity contribution < 1.29 is 23.8 Å². The van der Waals surface area contributed by atoms with E-state index in [1.807, 2.05) is 31.2 Å². The number of carbonyl (C=O) groups is 2. The summed E-state index contributed by atoms with van der Waals surface area (Å²) in [5.41, 5.74) is 1.93. The number of nitrogens with one attached hydrogen (secondary N) is 1. The average molecular weight is 490 g/mol. The second-order valence-electron chi connectivity index (χ2n) is 6.25. The monoisotopic (exact) mass is 489 g/mol. The molecule has 6 nitrogen and oxygen atoms in total. The van der Waals surface area contributed by atoms with Crippen LogP contribution in [0.2, 0.25) is 0 Å². The Morgan fingerprint density at radius 2 is 1.77 bits per heavy atom. The number of hydrogen-bond acceptors (Lipinski definition) is 6. The molecule has 8 heteroatoms. The summed E-state index contributed by atoms with van der Waals surface area (Å²) in [5.74, 6) is 0.248. The molecule has 1 aromatic heterocycles. The van der Waals surface area contributed by atoms with Crippen LogP contribution in [0.25, 0.3) is 11.1 Å². The number of aryl methyl sites for hydroxylation is 1. The average Bonchev–Trinajstić information content (AvgIpc) is 3.07. The second kappa shape index (κ2) is 9.77. The fourth-order valence-electron chi connectivity index (χ4n) is 2.90. The molecule has 1 N–H and O–H groups in total. The third-order valence-corrected chi connectivity index (χ3v) is 5.82. The molecular formula is C22H20BrNO5S. The van der Waals surface area contributed by atoms with E-state index in [-0.39, 0.29) is 12.5 Å². The highest BCUT2D eigenvalue weighted by Crippen LogP contribution is 2.40. The first-order valence-corrected chi connectivity index (χ1v) is 10.6. The van der Waals surface area contributed by atoms with Crippen LogP contribution in [0.5, 0.6) is 11.5 Å². The first-order valence-electron chi connectivity index (χ1n) is 8.97. The summed E-state index contributed by atoms with van der Waals surface area (Å²) in [6.45, 7) is 1.69. The van der Waals surface area contributed by atoms with Crippen LogP contribution in [0.1, 0.15) is 15.2 Å². The lowest BCUT2D eigenvalue weighted by atomic mass is 10.0.